The third-order valence-electron chi connectivity index (χ3n) is 6.51. The number of pyridine rings is 1. The largest absolute Gasteiger partial charge is 0.497 e. The van der Waals surface area contributed by atoms with Crippen LogP contribution in [0.5, 0.6) is 5.75 Å². The molecule has 3 aromatic carbocycles. The van der Waals surface area contributed by atoms with Gasteiger partial charge in [0.05, 0.1) is 52.6 Å². The molecule has 4 rings (SSSR count). The summed E-state index contributed by atoms with van der Waals surface area (Å²) < 4.78 is 36.7. The van der Waals surface area contributed by atoms with Gasteiger partial charge in [-0.1, -0.05) is 54.6 Å². The topological polar surface area (TPSA) is 89.5 Å². The second-order valence-electron chi connectivity index (χ2n) is 9.46. The van der Waals surface area contributed by atoms with Crippen molar-refractivity contribution in [3.8, 4) is 16.9 Å². The average molecular weight is 578 g/mol. The molecule has 1 aromatic heterocycles. The molecular formula is C31H32ClN3O4S. The fraction of sp³-hybridized carbons (Fsp3) is 0.194. The van der Waals surface area contributed by atoms with E-state index < -0.39 is 15.1 Å². The first-order chi connectivity index (χ1) is 19.0. The molecule has 0 atom stereocenters. The number of halogens is 1. The quantitative estimate of drug-likeness (QED) is 0.184. The average Bonchev–Trinajstić information content (AvgIpc) is 2.95. The summed E-state index contributed by atoms with van der Waals surface area (Å²) in [6.07, 6.45) is 1.51. The summed E-state index contributed by atoms with van der Waals surface area (Å²) in [5.74, 6) is 1.74. The van der Waals surface area contributed by atoms with Gasteiger partial charge in [0, 0.05) is 11.6 Å². The zero-order chi connectivity index (χ0) is 29.0. The number of anilines is 4. The Hall–Kier alpha value is -4.01. The summed E-state index contributed by atoms with van der Waals surface area (Å²) in [4.78, 5) is 4.63. The maximum absolute atomic E-state index is 12.9. The smallest absolute Gasteiger partial charge is 0.182 e. The number of methoxy groups -OCH3 is 2. The lowest BCUT2D eigenvalue weighted by molar-refractivity contribution is 0.371. The first-order valence-electron chi connectivity index (χ1n) is 12.6. The second kappa shape index (κ2) is 12.0. The van der Waals surface area contributed by atoms with Crippen LogP contribution in [0.4, 0.5) is 22.9 Å². The Morgan fingerprint density at radius 2 is 1.65 bits per heavy atom. The third-order valence-corrected chi connectivity index (χ3v) is 9.02. The first kappa shape index (κ1) is 29.0. The molecule has 0 aliphatic rings. The Kier molecular flexibility index (Phi) is 8.71. The van der Waals surface area contributed by atoms with Gasteiger partial charge in [0.15, 0.2) is 9.84 Å². The number of benzene rings is 3. The number of aryl methyl sites for hydroxylation is 1. The zero-order valence-electron chi connectivity index (χ0n) is 23.1. The van der Waals surface area contributed by atoms with Crippen LogP contribution in [0.2, 0.25) is 5.02 Å². The SMILES string of the molecule is C=C(OC)c1ccc(-c2cc(OC)c(Nc3cc(Nc4ccccc4S(=O)(=O)C(C)C)c(Cl)cn3)cc2C)cc1. The van der Waals surface area contributed by atoms with Gasteiger partial charge in [0.1, 0.15) is 17.3 Å². The molecule has 2 N–H and O–H groups in total. The van der Waals surface area contributed by atoms with Crippen molar-refractivity contribution >= 4 is 50.1 Å². The molecular weight excluding hydrogens is 546 g/mol. The number of para-hydroxylation sites is 1. The normalized spacial score (nSPS) is 11.3. The van der Waals surface area contributed by atoms with Crippen molar-refractivity contribution in [2.24, 2.45) is 0 Å². The number of ether oxygens (including phenoxy) is 2. The van der Waals surface area contributed by atoms with Crippen LogP contribution in [0.15, 0.2) is 84.4 Å². The molecule has 7 nitrogen and oxygen atoms in total. The highest BCUT2D eigenvalue weighted by molar-refractivity contribution is 7.92. The maximum Gasteiger partial charge on any atom is 0.182 e. The lowest BCUT2D eigenvalue weighted by atomic mass is 9.98. The van der Waals surface area contributed by atoms with E-state index in [-0.39, 0.29) is 4.90 Å². The molecule has 208 valence electrons. The fourth-order valence-corrected chi connectivity index (χ4v) is 5.53. The highest BCUT2D eigenvalue weighted by atomic mass is 35.5. The molecule has 0 fully saturated rings. The molecule has 0 aliphatic heterocycles. The van der Waals surface area contributed by atoms with Gasteiger partial charge in [0.25, 0.3) is 0 Å². The van der Waals surface area contributed by atoms with E-state index in [0.717, 1.165) is 27.9 Å². The summed E-state index contributed by atoms with van der Waals surface area (Å²) >= 11 is 6.45. The van der Waals surface area contributed by atoms with Crippen LogP contribution < -0.4 is 15.4 Å². The predicted octanol–water partition coefficient (Wildman–Crippen LogP) is 8.01. The van der Waals surface area contributed by atoms with Gasteiger partial charge in [0.2, 0.25) is 0 Å². The van der Waals surface area contributed by atoms with E-state index >= 15 is 0 Å². The minimum absolute atomic E-state index is 0.208. The van der Waals surface area contributed by atoms with Crippen LogP contribution in [-0.2, 0) is 14.6 Å². The van der Waals surface area contributed by atoms with Crippen LogP contribution in [-0.4, -0.2) is 32.9 Å². The molecule has 0 saturated heterocycles. The van der Waals surface area contributed by atoms with Crippen LogP contribution in [0.1, 0.15) is 25.0 Å². The standard InChI is InChI=1S/C31H32ClN3O4S/c1-19(2)40(36,37)30-10-8-7-9-26(30)34-27-17-31(33-18-25(27)32)35-28-15-20(3)24(16-29(28)39-6)23-13-11-22(12-14-23)21(4)38-5/h7-19H,4H2,1-3,5-6H3,(H2,33,34,35). The summed E-state index contributed by atoms with van der Waals surface area (Å²) in [5, 5.41) is 6.27. The van der Waals surface area contributed by atoms with E-state index in [1.165, 1.54) is 6.20 Å². The van der Waals surface area contributed by atoms with Crippen LogP contribution in [0, 0.1) is 6.92 Å². The molecule has 1 heterocycles. The zero-order valence-corrected chi connectivity index (χ0v) is 24.7. The van der Waals surface area contributed by atoms with Crippen molar-refractivity contribution in [3.63, 3.8) is 0 Å². The van der Waals surface area contributed by atoms with Gasteiger partial charge in [-0.05, 0) is 61.7 Å². The Labute approximate surface area is 240 Å². The molecule has 0 aliphatic carbocycles. The number of hydrogen-bond acceptors (Lipinski definition) is 7. The monoisotopic (exact) mass is 577 g/mol. The van der Waals surface area contributed by atoms with E-state index in [9.17, 15) is 8.42 Å². The lowest BCUT2D eigenvalue weighted by Gasteiger charge is -2.17. The Balaban J connectivity index is 1.64. The van der Waals surface area contributed by atoms with Crippen molar-refractivity contribution in [3.05, 3.63) is 95.7 Å². The second-order valence-corrected chi connectivity index (χ2v) is 12.3. The Morgan fingerprint density at radius 1 is 0.950 bits per heavy atom. The molecule has 0 unspecified atom stereocenters. The van der Waals surface area contributed by atoms with Gasteiger partial charge >= 0.3 is 0 Å². The molecule has 0 amide bonds. The molecule has 0 bridgehead atoms. The summed E-state index contributed by atoms with van der Waals surface area (Å²) in [5.41, 5.74) is 5.66. The minimum atomic E-state index is -3.51. The number of hydrogen-bond donors (Lipinski definition) is 2. The maximum atomic E-state index is 12.9. The van der Waals surface area contributed by atoms with Crippen LogP contribution in [0.3, 0.4) is 0 Å². The van der Waals surface area contributed by atoms with Gasteiger partial charge in [-0.15, -0.1) is 0 Å². The summed E-state index contributed by atoms with van der Waals surface area (Å²) in [7, 11) is -0.302. The van der Waals surface area contributed by atoms with Crippen LogP contribution in [0.25, 0.3) is 16.9 Å². The molecule has 0 spiro atoms. The first-order valence-corrected chi connectivity index (χ1v) is 14.5. The van der Waals surface area contributed by atoms with Gasteiger partial charge in [-0.25, -0.2) is 13.4 Å². The summed E-state index contributed by atoms with van der Waals surface area (Å²) in [6.45, 7) is 9.24. The van der Waals surface area contributed by atoms with E-state index in [4.69, 9.17) is 21.1 Å². The van der Waals surface area contributed by atoms with Crippen molar-refractivity contribution in [2.45, 2.75) is 30.9 Å². The number of nitrogens with one attached hydrogen (secondary N) is 2. The molecule has 9 heteroatoms. The lowest BCUT2D eigenvalue weighted by Crippen LogP contribution is -2.15. The van der Waals surface area contributed by atoms with Gasteiger partial charge < -0.3 is 20.1 Å². The Morgan fingerprint density at radius 3 is 2.30 bits per heavy atom. The highest BCUT2D eigenvalue weighted by Gasteiger charge is 2.23. The van der Waals surface area contributed by atoms with Gasteiger partial charge in [-0.3, -0.25) is 0 Å². The van der Waals surface area contributed by atoms with Crippen LogP contribution >= 0.6 is 11.6 Å². The predicted molar refractivity (Wildman–Crippen MR) is 164 cm³/mol. The van der Waals surface area contributed by atoms with Crippen molar-refractivity contribution in [1.29, 1.82) is 0 Å². The third kappa shape index (κ3) is 6.08. The fourth-order valence-electron chi connectivity index (χ4n) is 4.18. The number of nitrogens with zero attached hydrogens (tertiary/aromatic N) is 1. The number of rotatable bonds is 10. The summed E-state index contributed by atoms with van der Waals surface area (Å²) in [6, 6.07) is 20.4. The molecule has 40 heavy (non-hydrogen) atoms. The number of sulfone groups is 1. The molecule has 0 radical (unpaired) electrons. The highest BCUT2D eigenvalue weighted by Crippen LogP contribution is 2.37. The molecule has 4 aromatic rings. The van der Waals surface area contributed by atoms with Gasteiger partial charge in [-0.2, -0.15) is 0 Å². The minimum Gasteiger partial charge on any atom is -0.497 e. The van der Waals surface area contributed by atoms with E-state index in [1.807, 2.05) is 43.3 Å². The van der Waals surface area contributed by atoms with E-state index in [0.29, 0.717) is 33.7 Å². The van der Waals surface area contributed by atoms with E-state index in [2.05, 4.69) is 22.2 Å². The van der Waals surface area contributed by atoms with E-state index in [1.54, 1.807) is 58.4 Å². The van der Waals surface area contributed by atoms with Crippen molar-refractivity contribution in [2.75, 3.05) is 24.9 Å². The molecule has 0 saturated carbocycles. The van der Waals surface area contributed by atoms with Crippen molar-refractivity contribution in [1.82, 2.24) is 4.98 Å². The number of aromatic nitrogens is 1. The van der Waals surface area contributed by atoms with Crippen molar-refractivity contribution < 1.29 is 17.9 Å². The Bertz CT molecular complexity index is 1650.